The zero-order valence-corrected chi connectivity index (χ0v) is 15.3. The summed E-state index contributed by atoms with van der Waals surface area (Å²) in [6.07, 6.45) is 0. The van der Waals surface area contributed by atoms with Gasteiger partial charge in [0.25, 0.3) is 0 Å². The van der Waals surface area contributed by atoms with Crippen molar-refractivity contribution in [3.8, 4) is 11.5 Å². The molecule has 0 saturated carbocycles. The first-order valence-corrected chi connectivity index (χ1v) is 7.83. The summed E-state index contributed by atoms with van der Waals surface area (Å²) in [5.74, 6) is 1.14. The van der Waals surface area contributed by atoms with Crippen LogP contribution >= 0.6 is 24.0 Å². The number of nitrogens with one attached hydrogen (secondary N) is 1. The van der Waals surface area contributed by atoms with Gasteiger partial charge in [0.15, 0.2) is 11.5 Å². The maximum absolute atomic E-state index is 11.2. The Morgan fingerprint density at radius 3 is 2.64 bits per heavy atom. The normalized spacial score (nSPS) is 11.7. The highest BCUT2D eigenvalue weighted by Gasteiger charge is 2.12. The first-order valence-electron chi connectivity index (χ1n) is 7.45. The van der Waals surface area contributed by atoms with E-state index in [1.165, 1.54) is 0 Å². The number of amides is 2. The molecule has 2 amide bonds. The standard InChI is InChI=1S/C17H16ClN3O3.ClH/c1-3-24-16-12(18)6-10(7-15(16)23-2)9-19-11-4-5-13-14(8-11)21-17(22)20-13;/h4-8,19H,3,9H2,1-2H3;1H. The fraction of sp³-hybridized carbons (Fsp3) is 0.235. The molecule has 0 aliphatic carbocycles. The van der Waals surface area contributed by atoms with E-state index < -0.39 is 6.03 Å². The Kier molecular flexibility index (Phi) is 6.22. The Morgan fingerprint density at radius 2 is 1.92 bits per heavy atom. The second-order valence-electron chi connectivity index (χ2n) is 5.11. The van der Waals surface area contributed by atoms with Crippen LogP contribution in [0.4, 0.5) is 10.5 Å². The third-order valence-corrected chi connectivity index (χ3v) is 3.76. The number of carbonyl (C=O) groups is 1. The highest BCUT2D eigenvalue weighted by molar-refractivity contribution is 6.32. The van der Waals surface area contributed by atoms with Gasteiger partial charge >= 0.3 is 6.03 Å². The molecule has 1 aliphatic rings. The number of halogens is 2. The Labute approximate surface area is 155 Å². The topological polar surface area (TPSA) is 72.3 Å². The lowest BCUT2D eigenvalue weighted by molar-refractivity contribution is 0.256. The number of anilines is 1. The van der Waals surface area contributed by atoms with Crippen LogP contribution in [0.15, 0.2) is 40.3 Å². The highest BCUT2D eigenvalue weighted by atomic mass is 35.5. The van der Waals surface area contributed by atoms with Gasteiger partial charge in [-0.05, 0) is 42.8 Å². The Bertz CT molecular complexity index is 916. The van der Waals surface area contributed by atoms with Gasteiger partial charge in [0.2, 0.25) is 0 Å². The minimum atomic E-state index is -0.467. The molecule has 0 fully saturated rings. The monoisotopic (exact) mass is 381 g/mol. The molecule has 0 radical (unpaired) electrons. The van der Waals surface area contributed by atoms with Crippen LogP contribution < -0.4 is 25.5 Å². The largest absolute Gasteiger partial charge is 0.493 e. The molecule has 6 nitrogen and oxygen atoms in total. The van der Waals surface area contributed by atoms with Gasteiger partial charge in [-0.2, -0.15) is 9.98 Å². The number of rotatable bonds is 6. The predicted molar refractivity (Wildman–Crippen MR) is 97.9 cm³/mol. The third kappa shape index (κ3) is 4.21. The van der Waals surface area contributed by atoms with Gasteiger partial charge in [0.1, 0.15) is 0 Å². The number of methoxy groups -OCH3 is 1. The number of fused-ring (bicyclic) bond motifs is 1. The van der Waals surface area contributed by atoms with Gasteiger partial charge in [0, 0.05) is 12.2 Å². The average molecular weight is 382 g/mol. The summed E-state index contributed by atoms with van der Waals surface area (Å²) in [6.45, 7) is 2.93. The first kappa shape index (κ1) is 19.0. The number of hydrogen-bond donors (Lipinski definition) is 1. The molecule has 0 aromatic heterocycles. The van der Waals surface area contributed by atoms with E-state index in [9.17, 15) is 4.79 Å². The molecular weight excluding hydrogens is 365 g/mol. The molecule has 0 spiro atoms. The summed E-state index contributed by atoms with van der Waals surface area (Å²) in [6, 6.07) is 8.64. The van der Waals surface area contributed by atoms with E-state index in [1.54, 1.807) is 19.2 Å². The molecule has 0 bridgehead atoms. The molecule has 1 heterocycles. The molecule has 132 valence electrons. The maximum Gasteiger partial charge on any atom is 0.368 e. The van der Waals surface area contributed by atoms with E-state index in [-0.39, 0.29) is 12.4 Å². The van der Waals surface area contributed by atoms with E-state index in [0.717, 1.165) is 11.3 Å². The number of urea groups is 1. The molecule has 2 aromatic rings. The third-order valence-electron chi connectivity index (χ3n) is 3.48. The number of benzene rings is 2. The van der Waals surface area contributed by atoms with Crippen LogP contribution in [0.5, 0.6) is 11.5 Å². The molecule has 2 aromatic carbocycles. The number of ether oxygens (including phenoxy) is 2. The van der Waals surface area contributed by atoms with Crippen molar-refractivity contribution in [1.29, 1.82) is 0 Å². The van der Waals surface area contributed by atoms with Gasteiger partial charge in [-0.3, -0.25) is 0 Å². The zero-order valence-electron chi connectivity index (χ0n) is 13.7. The Balaban J connectivity index is 0.00000225. The summed E-state index contributed by atoms with van der Waals surface area (Å²) in [5.41, 5.74) is 1.78. The van der Waals surface area contributed by atoms with Gasteiger partial charge in [0.05, 0.1) is 29.5 Å². The summed E-state index contributed by atoms with van der Waals surface area (Å²) in [5, 5.41) is 4.94. The fourth-order valence-electron chi connectivity index (χ4n) is 2.41. The fourth-order valence-corrected chi connectivity index (χ4v) is 2.70. The zero-order chi connectivity index (χ0) is 17.1. The van der Waals surface area contributed by atoms with Crippen LogP contribution in [0.1, 0.15) is 12.5 Å². The van der Waals surface area contributed by atoms with Crippen molar-refractivity contribution in [3.05, 3.63) is 51.6 Å². The van der Waals surface area contributed by atoms with Crippen LogP contribution in [0.2, 0.25) is 5.02 Å². The summed E-state index contributed by atoms with van der Waals surface area (Å²) in [4.78, 5) is 18.8. The molecule has 3 rings (SSSR count). The molecule has 0 atom stereocenters. The molecular formula is C17H17Cl2N3O3. The summed E-state index contributed by atoms with van der Waals surface area (Å²) < 4.78 is 10.8. The van der Waals surface area contributed by atoms with E-state index in [0.29, 0.717) is 40.4 Å². The van der Waals surface area contributed by atoms with Crippen molar-refractivity contribution >= 4 is 35.7 Å². The number of carbonyl (C=O) groups excluding carboxylic acids is 1. The Hall–Kier alpha value is -2.31. The lowest BCUT2D eigenvalue weighted by Crippen LogP contribution is -2.21. The van der Waals surface area contributed by atoms with Crippen LogP contribution in [-0.4, -0.2) is 19.7 Å². The van der Waals surface area contributed by atoms with Crippen molar-refractivity contribution in [2.45, 2.75) is 13.5 Å². The van der Waals surface area contributed by atoms with Crippen molar-refractivity contribution in [1.82, 2.24) is 0 Å². The minimum absolute atomic E-state index is 0. The second-order valence-corrected chi connectivity index (χ2v) is 5.51. The van der Waals surface area contributed by atoms with Crippen molar-refractivity contribution in [2.24, 2.45) is 9.98 Å². The molecule has 1 aliphatic heterocycles. The van der Waals surface area contributed by atoms with Crippen LogP contribution in [0, 0.1) is 0 Å². The van der Waals surface area contributed by atoms with Gasteiger partial charge in [-0.25, -0.2) is 4.79 Å². The molecule has 0 unspecified atom stereocenters. The van der Waals surface area contributed by atoms with E-state index >= 15 is 0 Å². The van der Waals surface area contributed by atoms with E-state index in [4.69, 9.17) is 21.1 Å². The number of hydrogen-bond acceptors (Lipinski definition) is 4. The lowest BCUT2D eigenvalue weighted by atomic mass is 10.2. The van der Waals surface area contributed by atoms with Gasteiger partial charge < -0.3 is 14.8 Å². The van der Waals surface area contributed by atoms with Gasteiger partial charge in [-0.15, -0.1) is 12.4 Å². The summed E-state index contributed by atoms with van der Waals surface area (Å²) >= 11 is 6.27. The lowest BCUT2D eigenvalue weighted by Gasteiger charge is -2.14. The smallest absolute Gasteiger partial charge is 0.368 e. The maximum atomic E-state index is 11.2. The van der Waals surface area contributed by atoms with E-state index in [2.05, 4.69) is 15.3 Å². The quantitative estimate of drug-likeness (QED) is 0.833. The van der Waals surface area contributed by atoms with Crippen LogP contribution in [0.3, 0.4) is 0 Å². The molecule has 1 N–H and O–H groups in total. The Morgan fingerprint density at radius 1 is 1.16 bits per heavy atom. The summed E-state index contributed by atoms with van der Waals surface area (Å²) in [7, 11) is 1.58. The molecule has 25 heavy (non-hydrogen) atoms. The molecule has 8 heteroatoms. The average Bonchev–Trinajstić information content (AvgIpc) is 2.94. The SMILES string of the molecule is CCOc1c(Cl)cc(CNc2ccc3c(c2)=NC(=O)N=3)cc1OC.Cl. The first-order chi connectivity index (χ1) is 11.6. The van der Waals surface area contributed by atoms with E-state index in [1.807, 2.05) is 25.1 Å². The highest BCUT2D eigenvalue weighted by Crippen LogP contribution is 2.36. The van der Waals surface area contributed by atoms with Crippen molar-refractivity contribution in [2.75, 3.05) is 19.0 Å². The molecule has 0 saturated heterocycles. The van der Waals surface area contributed by atoms with Crippen molar-refractivity contribution in [3.63, 3.8) is 0 Å². The van der Waals surface area contributed by atoms with Gasteiger partial charge in [-0.1, -0.05) is 11.6 Å². The second kappa shape index (κ2) is 8.18. The van der Waals surface area contributed by atoms with Crippen LogP contribution in [0.25, 0.3) is 0 Å². The van der Waals surface area contributed by atoms with Crippen LogP contribution in [-0.2, 0) is 6.54 Å². The van der Waals surface area contributed by atoms with Crippen molar-refractivity contribution < 1.29 is 14.3 Å². The minimum Gasteiger partial charge on any atom is -0.493 e. The predicted octanol–water partition coefficient (Wildman–Crippen LogP) is 3.15. The number of nitrogens with zero attached hydrogens (tertiary/aromatic N) is 2.